The molecular formula is C34H36N2O4. The first-order valence-electron chi connectivity index (χ1n) is 13.5. The molecule has 0 aliphatic carbocycles. The molecule has 0 saturated heterocycles. The van der Waals surface area contributed by atoms with Gasteiger partial charge in [-0.3, -0.25) is 0 Å². The maximum absolute atomic E-state index is 10.0. The molecule has 0 N–H and O–H groups in total. The van der Waals surface area contributed by atoms with Crippen LogP contribution >= 0.6 is 0 Å². The topological polar surface area (TPSA) is 84.5 Å². The molecule has 0 radical (unpaired) electrons. The van der Waals surface area contributed by atoms with E-state index in [1.54, 1.807) is 38.5 Å². The zero-order valence-electron chi connectivity index (χ0n) is 23.7. The molecule has 3 rings (SSSR count). The molecule has 0 fully saturated rings. The van der Waals surface area contributed by atoms with Gasteiger partial charge in [0.15, 0.2) is 0 Å². The van der Waals surface area contributed by atoms with E-state index < -0.39 is 0 Å². The predicted octanol–water partition coefficient (Wildman–Crippen LogP) is 8.19. The van der Waals surface area contributed by atoms with Crippen molar-refractivity contribution in [2.75, 3.05) is 27.4 Å². The molecule has 0 amide bonds. The number of allylic oxidation sites excluding steroid dienone is 2. The lowest BCUT2D eigenvalue weighted by Crippen LogP contribution is -1.98. The lowest BCUT2D eigenvalue weighted by Gasteiger charge is -2.14. The highest BCUT2D eigenvalue weighted by atomic mass is 16.5. The van der Waals surface area contributed by atoms with Crippen molar-refractivity contribution < 1.29 is 18.9 Å². The van der Waals surface area contributed by atoms with E-state index in [1.807, 2.05) is 48.5 Å². The SMILES string of the molecule is CCCCOc1ccc(/C=C(\C#N)c2cc(OC)c(/C(C#N)=C/c3ccc(OCCCC)cc3)cc2OC)cc1. The van der Waals surface area contributed by atoms with E-state index in [4.69, 9.17) is 18.9 Å². The fourth-order valence-corrected chi connectivity index (χ4v) is 3.98. The summed E-state index contributed by atoms with van der Waals surface area (Å²) in [7, 11) is 3.08. The van der Waals surface area contributed by atoms with Gasteiger partial charge in [0.25, 0.3) is 0 Å². The summed E-state index contributed by atoms with van der Waals surface area (Å²) in [5.41, 5.74) is 3.65. The number of ether oxygens (including phenoxy) is 4. The molecule has 0 spiro atoms. The predicted molar refractivity (Wildman–Crippen MR) is 160 cm³/mol. The summed E-state index contributed by atoms with van der Waals surface area (Å²) in [6.07, 6.45) is 7.73. The van der Waals surface area contributed by atoms with Crippen LogP contribution in [0.3, 0.4) is 0 Å². The number of hydrogen-bond acceptors (Lipinski definition) is 6. The lowest BCUT2D eigenvalue weighted by atomic mass is 9.96. The van der Waals surface area contributed by atoms with Crippen LogP contribution < -0.4 is 18.9 Å². The number of unbranched alkanes of at least 4 members (excludes halogenated alkanes) is 2. The summed E-state index contributed by atoms with van der Waals surface area (Å²) in [6, 6.07) is 23.2. The fourth-order valence-electron chi connectivity index (χ4n) is 3.98. The van der Waals surface area contributed by atoms with Crippen molar-refractivity contribution in [1.29, 1.82) is 10.5 Å². The molecular weight excluding hydrogens is 500 g/mol. The number of methoxy groups -OCH3 is 2. The maximum atomic E-state index is 10.0. The van der Waals surface area contributed by atoms with Crippen molar-refractivity contribution in [3.8, 4) is 35.1 Å². The van der Waals surface area contributed by atoms with Gasteiger partial charge in [0.05, 0.1) is 50.7 Å². The number of hydrogen-bond donors (Lipinski definition) is 0. The molecule has 40 heavy (non-hydrogen) atoms. The molecule has 0 atom stereocenters. The van der Waals surface area contributed by atoms with Crippen molar-refractivity contribution in [2.45, 2.75) is 39.5 Å². The smallest absolute Gasteiger partial charge is 0.128 e. The molecule has 0 unspecified atom stereocenters. The molecule has 0 aliphatic rings. The van der Waals surface area contributed by atoms with E-state index >= 15 is 0 Å². The van der Waals surface area contributed by atoms with Gasteiger partial charge in [0.1, 0.15) is 23.0 Å². The number of nitriles is 2. The van der Waals surface area contributed by atoms with Gasteiger partial charge in [-0.2, -0.15) is 10.5 Å². The highest BCUT2D eigenvalue weighted by Crippen LogP contribution is 2.38. The van der Waals surface area contributed by atoms with Crippen LogP contribution in [-0.2, 0) is 0 Å². The Balaban J connectivity index is 1.93. The highest BCUT2D eigenvalue weighted by Gasteiger charge is 2.17. The van der Waals surface area contributed by atoms with Crippen molar-refractivity contribution in [3.05, 3.63) is 82.9 Å². The summed E-state index contributed by atoms with van der Waals surface area (Å²) in [5.74, 6) is 2.51. The summed E-state index contributed by atoms with van der Waals surface area (Å²) in [6.45, 7) is 5.60. The minimum absolute atomic E-state index is 0.405. The van der Waals surface area contributed by atoms with E-state index in [9.17, 15) is 10.5 Å². The maximum Gasteiger partial charge on any atom is 0.128 e. The Morgan fingerprint density at radius 2 is 1.02 bits per heavy atom. The van der Waals surface area contributed by atoms with E-state index in [0.717, 1.165) is 48.3 Å². The molecule has 6 nitrogen and oxygen atoms in total. The molecule has 3 aromatic rings. The Labute approximate surface area is 237 Å². The third-order valence-electron chi connectivity index (χ3n) is 6.26. The zero-order chi connectivity index (χ0) is 28.7. The van der Waals surface area contributed by atoms with Gasteiger partial charge in [-0.1, -0.05) is 51.0 Å². The zero-order valence-corrected chi connectivity index (χ0v) is 23.7. The molecule has 0 aliphatic heterocycles. The highest BCUT2D eigenvalue weighted by molar-refractivity contribution is 5.96. The average molecular weight is 537 g/mol. The van der Waals surface area contributed by atoms with Crippen LogP contribution in [0.5, 0.6) is 23.0 Å². The molecule has 206 valence electrons. The second-order valence-corrected chi connectivity index (χ2v) is 9.13. The standard InChI is InChI=1S/C34H36N2O4/c1-5-7-17-39-29-13-9-25(10-14-29)19-27(23-35)31-21-34(38-4)32(22-33(31)37-3)28(24-36)20-26-11-15-30(16-12-26)40-18-8-6-2/h9-16,19-22H,5-8,17-18H2,1-4H3/b27-19+,28-20+. The Morgan fingerprint density at radius 1 is 0.650 bits per heavy atom. The molecule has 0 saturated carbocycles. The Morgan fingerprint density at radius 3 is 1.32 bits per heavy atom. The van der Waals surface area contributed by atoms with Gasteiger partial charge in [0.2, 0.25) is 0 Å². The van der Waals surface area contributed by atoms with Crippen LogP contribution in [-0.4, -0.2) is 27.4 Å². The molecule has 3 aromatic carbocycles. The Bertz CT molecular complexity index is 1280. The van der Waals surface area contributed by atoms with Crippen LogP contribution in [0, 0.1) is 22.7 Å². The van der Waals surface area contributed by atoms with Gasteiger partial charge < -0.3 is 18.9 Å². The fraction of sp³-hybridized carbons (Fsp3) is 0.294. The summed E-state index contributed by atoms with van der Waals surface area (Å²) in [5, 5.41) is 20.0. The average Bonchev–Trinajstić information content (AvgIpc) is 2.99. The third kappa shape index (κ3) is 8.16. The van der Waals surface area contributed by atoms with Crippen molar-refractivity contribution in [1.82, 2.24) is 0 Å². The third-order valence-corrected chi connectivity index (χ3v) is 6.26. The van der Waals surface area contributed by atoms with Gasteiger partial charge in [0, 0.05) is 11.1 Å². The summed E-state index contributed by atoms with van der Waals surface area (Å²) in [4.78, 5) is 0. The molecule has 0 bridgehead atoms. The first-order chi connectivity index (χ1) is 19.6. The monoisotopic (exact) mass is 536 g/mol. The van der Waals surface area contributed by atoms with Gasteiger partial charge in [-0.05, 0) is 72.5 Å². The Hall–Kier alpha value is -4.68. The second kappa shape index (κ2) is 15.7. The quantitative estimate of drug-likeness (QED) is 0.117. The van der Waals surface area contributed by atoms with E-state index in [2.05, 4.69) is 26.0 Å². The molecule has 6 heteroatoms. The summed E-state index contributed by atoms with van der Waals surface area (Å²) < 4.78 is 22.8. The van der Waals surface area contributed by atoms with E-state index in [-0.39, 0.29) is 0 Å². The van der Waals surface area contributed by atoms with Crippen LogP contribution in [0.4, 0.5) is 0 Å². The minimum atomic E-state index is 0.405. The second-order valence-electron chi connectivity index (χ2n) is 9.13. The van der Waals surface area contributed by atoms with Gasteiger partial charge in [-0.25, -0.2) is 0 Å². The van der Waals surface area contributed by atoms with Crippen LogP contribution in [0.1, 0.15) is 61.8 Å². The van der Waals surface area contributed by atoms with Crippen LogP contribution in [0.15, 0.2) is 60.7 Å². The van der Waals surface area contributed by atoms with Crippen molar-refractivity contribution in [3.63, 3.8) is 0 Å². The number of rotatable bonds is 14. The Kier molecular flexibility index (Phi) is 11.7. The summed E-state index contributed by atoms with van der Waals surface area (Å²) >= 11 is 0. The first-order valence-corrected chi connectivity index (χ1v) is 13.5. The number of benzene rings is 3. The first kappa shape index (κ1) is 29.9. The molecule has 0 heterocycles. The normalized spacial score (nSPS) is 11.3. The minimum Gasteiger partial charge on any atom is -0.496 e. The van der Waals surface area contributed by atoms with Crippen LogP contribution in [0.25, 0.3) is 23.3 Å². The van der Waals surface area contributed by atoms with Crippen molar-refractivity contribution >= 4 is 23.3 Å². The number of nitrogens with zero attached hydrogens (tertiary/aromatic N) is 2. The van der Waals surface area contributed by atoms with E-state index in [0.29, 0.717) is 47.0 Å². The van der Waals surface area contributed by atoms with E-state index in [1.165, 1.54) is 0 Å². The van der Waals surface area contributed by atoms with Crippen LogP contribution in [0.2, 0.25) is 0 Å². The largest absolute Gasteiger partial charge is 0.496 e. The van der Waals surface area contributed by atoms with Gasteiger partial charge >= 0.3 is 0 Å². The van der Waals surface area contributed by atoms with Crippen molar-refractivity contribution in [2.24, 2.45) is 0 Å². The lowest BCUT2D eigenvalue weighted by molar-refractivity contribution is 0.309. The molecule has 0 aromatic heterocycles. The van der Waals surface area contributed by atoms with Gasteiger partial charge in [-0.15, -0.1) is 0 Å².